The Bertz CT molecular complexity index is 726. The van der Waals surface area contributed by atoms with E-state index >= 15 is 0 Å². The summed E-state index contributed by atoms with van der Waals surface area (Å²) in [5, 5.41) is 23.9. The summed E-state index contributed by atoms with van der Waals surface area (Å²) in [5.41, 5.74) is 5.32. The Morgan fingerprint density at radius 1 is 1.06 bits per heavy atom. The number of hydrogen-bond acceptors (Lipinski definition) is 8. The number of nitrogens with one attached hydrogen (secondary N) is 5. The van der Waals surface area contributed by atoms with Gasteiger partial charge in [0, 0.05) is 37.1 Å². The number of urea groups is 1. The maximum Gasteiger partial charge on any atom is 0.315 e. The SMILES string of the molecule is NCCCNC(=O)C(O)C(C=O)C(=O)NCCCNC(=O)CCCCC1SCC2NC(=O)NC21. The number of amides is 5. The predicted molar refractivity (Wildman–Crippen MR) is 127 cm³/mol. The topological polar surface area (TPSA) is 192 Å². The number of aliphatic hydroxyl groups is 1. The molecule has 5 unspecified atom stereocenters. The lowest BCUT2D eigenvalue weighted by atomic mass is 10.0. The highest BCUT2D eigenvalue weighted by atomic mass is 32.2. The van der Waals surface area contributed by atoms with Crippen LogP contribution in [0.5, 0.6) is 0 Å². The van der Waals surface area contributed by atoms with Gasteiger partial charge < -0.3 is 42.2 Å². The van der Waals surface area contributed by atoms with Crippen LogP contribution in [0.2, 0.25) is 0 Å². The molecule has 0 spiro atoms. The number of nitrogens with two attached hydrogens (primary N) is 1. The molecule has 0 radical (unpaired) electrons. The Morgan fingerprint density at radius 2 is 1.76 bits per heavy atom. The van der Waals surface area contributed by atoms with Gasteiger partial charge >= 0.3 is 6.03 Å². The lowest BCUT2D eigenvalue weighted by Gasteiger charge is -2.17. The maximum atomic E-state index is 12.1. The van der Waals surface area contributed by atoms with Gasteiger partial charge in [-0.25, -0.2) is 4.79 Å². The van der Waals surface area contributed by atoms with Crippen molar-refractivity contribution in [1.29, 1.82) is 0 Å². The molecule has 5 atom stereocenters. The second-order valence-electron chi connectivity index (χ2n) is 8.40. The second-order valence-corrected chi connectivity index (χ2v) is 9.67. The highest BCUT2D eigenvalue weighted by molar-refractivity contribution is 8.00. The summed E-state index contributed by atoms with van der Waals surface area (Å²) in [5.74, 6) is -2.21. The van der Waals surface area contributed by atoms with Crippen molar-refractivity contribution in [3.05, 3.63) is 0 Å². The molecule has 12 nitrogen and oxygen atoms in total. The van der Waals surface area contributed by atoms with Gasteiger partial charge in [-0.2, -0.15) is 11.8 Å². The molecule has 2 saturated heterocycles. The van der Waals surface area contributed by atoms with Crippen molar-refractivity contribution in [3.8, 4) is 0 Å². The quantitative estimate of drug-likeness (QED) is 0.0546. The Balaban J connectivity index is 1.52. The first-order chi connectivity index (χ1) is 16.4. The van der Waals surface area contributed by atoms with Gasteiger partial charge in [0.1, 0.15) is 12.2 Å². The first-order valence-electron chi connectivity index (χ1n) is 11.7. The van der Waals surface area contributed by atoms with E-state index in [-0.39, 0.29) is 43.4 Å². The third kappa shape index (κ3) is 8.76. The lowest BCUT2D eigenvalue weighted by molar-refractivity contribution is -0.143. The molecule has 0 aromatic rings. The molecule has 2 fully saturated rings. The summed E-state index contributed by atoms with van der Waals surface area (Å²) in [6.45, 7) is 1.15. The number of carbonyl (C=O) groups is 5. The molecule has 2 rings (SSSR count). The van der Waals surface area contributed by atoms with E-state index in [1.165, 1.54) is 0 Å². The number of aldehydes is 1. The minimum Gasteiger partial charge on any atom is -0.382 e. The van der Waals surface area contributed by atoms with Crippen LogP contribution in [-0.4, -0.2) is 90.5 Å². The van der Waals surface area contributed by atoms with Crippen LogP contribution in [0, 0.1) is 5.92 Å². The van der Waals surface area contributed by atoms with Crippen molar-refractivity contribution in [2.45, 2.75) is 62.0 Å². The third-order valence-electron chi connectivity index (χ3n) is 5.79. The molecule has 8 N–H and O–H groups in total. The van der Waals surface area contributed by atoms with E-state index < -0.39 is 23.8 Å². The molecule has 0 saturated carbocycles. The number of hydrogen-bond donors (Lipinski definition) is 7. The van der Waals surface area contributed by atoms with E-state index in [1.807, 2.05) is 11.8 Å². The van der Waals surface area contributed by atoms with E-state index in [1.54, 1.807) is 0 Å². The molecule has 0 aliphatic carbocycles. The van der Waals surface area contributed by atoms with Crippen LogP contribution in [-0.2, 0) is 19.2 Å². The van der Waals surface area contributed by atoms with Crippen molar-refractivity contribution in [1.82, 2.24) is 26.6 Å². The fourth-order valence-corrected chi connectivity index (χ4v) is 5.41. The third-order valence-corrected chi connectivity index (χ3v) is 7.30. The Hall–Kier alpha value is -2.38. The number of rotatable bonds is 16. The zero-order chi connectivity index (χ0) is 24.9. The summed E-state index contributed by atoms with van der Waals surface area (Å²) in [6, 6.07) is 0.277. The van der Waals surface area contributed by atoms with Crippen LogP contribution in [0.1, 0.15) is 38.5 Å². The second kappa shape index (κ2) is 14.8. The van der Waals surface area contributed by atoms with Gasteiger partial charge in [-0.15, -0.1) is 0 Å². The average molecular weight is 501 g/mol. The first-order valence-corrected chi connectivity index (χ1v) is 12.8. The summed E-state index contributed by atoms with van der Waals surface area (Å²) in [4.78, 5) is 58.5. The van der Waals surface area contributed by atoms with E-state index in [0.29, 0.717) is 37.6 Å². The van der Waals surface area contributed by atoms with Crippen LogP contribution in [0.25, 0.3) is 0 Å². The molecule has 0 aromatic carbocycles. The fourth-order valence-electron chi connectivity index (χ4n) is 3.87. The summed E-state index contributed by atoms with van der Waals surface area (Å²) >= 11 is 1.85. The molecule has 2 aliphatic heterocycles. The molecule has 5 amide bonds. The van der Waals surface area contributed by atoms with Crippen molar-refractivity contribution in [2.24, 2.45) is 11.7 Å². The first kappa shape index (κ1) is 27.9. The minimum absolute atomic E-state index is 0.0746. The van der Waals surface area contributed by atoms with E-state index in [9.17, 15) is 29.1 Å². The number of carbonyl (C=O) groups excluding carboxylic acids is 5. The summed E-state index contributed by atoms with van der Waals surface area (Å²) in [6.07, 6.45) is 2.43. The van der Waals surface area contributed by atoms with Crippen molar-refractivity contribution in [3.63, 3.8) is 0 Å². The van der Waals surface area contributed by atoms with Crippen molar-refractivity contribution in [2.75, 3.05) is 31.9 Å². The molecule has 192 valence electrons. The summed E-state index contributed by atoms with van der Waals surface area (Å²) < 4.78 is 0. The molecule has 13 heteroatoms. The van der Waals surface area contributed by atoms with Gasteiger partial charge in [-0.1, -0.05) is 6.42 Å². The van der Waals surface area contributed by atoms with E-state index in [0.717, 1.165) is 25.0 Å². The van der Waals surface area contributed by atoms with Gasteiger partial charge in [-0.3, -0.25) is 14.4 Å². The van der Waals surface area contributed by atoms with Crippen LogP contribution in [0.3, 0.4) is 0 Å². The molecular weight excluding hydrogens is 464 g/mol. The number of fused-ring (bicyclic) bond motifs is 1. The average Bonchev–Trinajstić information content (AvgIpc) is 3.36. The highest BCUT2D eigenvalue weighted by Crippen LogP contribution is 2.33. The molecule has 0 aromatic heterocycles. The zero-order valence-electron chi connectivity index (χ0n) is 19.2. The highest BCUT2D eigenvalue weighted by Gasteiger charge is 2.42. The maximum absolute atomic E-state index is 12.1. The van der Waals surface area contributed by atoms with Crippen LogP contribution in [0.4, 0.5) is 4.79 Å². The largest absolute Gasteiger partial charge is 0.382 e. The summed E-state index contributed by atoms with van der Waals surface area (Å²) in [7, 11) is 0. The van der Waals surface area contributed by atoms with Gasteiger partial charge in [0.2, 0.25) is 17.7 Å². The van der Waals surface area contributed by atoms with Gasteiger partial charge in [0.05, 0.1) is 12.1 Å². The van der Waals surface area contributed by atoms with E-state index in [2.05, 4.69) is 26.6 Å². The van der Waals surface area contributed by atoms with Gasteiger partial charge in [0.15, 0.2) is 6.10 Å². The Kier molecular flexibility index (Phi) is 12.1. The van der Waals surface area contributed by atoms with Crippen LogP contribution < -0.4 is 32.3 Å². The zero-order valence-corrected chi connectivity index (χ0v) is 20.0. The minimum atomic E-state index is -1.77. The number of aliphatic hydroxyl groups excluding tert-OH is 1. The number of unbranched alkanes of at least 4 members (excludes halogenated alkanes) is 1. The number of thioether (sulfide) groups is 1. The normalized spacial score (nSPS) is 22.6. The Morgan fingerprint density at radius 3 is 2.50 bits per heavy atom. The smallest absolute Gasteiger partial charge is 0.315 e. The standard InChI is InChI=1S/C21H36N6O6S/c22-7-3-8-25-20(32)18(30)13(11-28)19(31)24-10-4-9-23-16(29)6-2-1-5-15-17-14(12-34-15)26-21(33)27-17/h11,13-15,17-18,30H,1-10,12,22H2,(H,23,29)(H,24,31)(H,25,32)(H2,26,27,33). The molecule has 0 bridgehead atoms. The van der Waals surface area contributed by atoms with E-state index in [4.69, 9.17) is 5.73 Å². The molecule has 2 aliphatic rings. The molecule has 34 heavy (non-hydrogen) atoms. The molecular formula is C21H36N6O6S. The molecule has 2 heterocycles. The van der Waals surface area contributed by atoms with Crippen LogP contribution in [0.15, 0.2) is 0 Å². The van der Waals surface area contributed by atoms with Gasteiger partial charge in [-0.05, 0) is 32.2 Å². The van der Waals surface area contributed by atoms with Gasteiger partial charge in [0.25, 0.3) is 0 Å². The van der Waals surface area contributed by atoms with Crippen LogP contribution >= 0.6 is 11.8 Å². The fraction of sp³-hybridized carbons (Fsp3) is 0.762. The Labute approximate surface area is 203 Å². The predicted octanol–water partition coefficient (Wildman–Crippen LogP) is -2.02. The van der Waals surface area contributed by atoms with Crippen molar-refractivity contribution >= 4 is 41.8 Å². The monoisotopic (exact) mass is 500 g/mol. The van der Waals surface area contributed by atoms with Crippen molar-refractivity contribution < 1.29 is 29.1 Å². The lowest BCUT2D eigenvalue weighted by Crippen LogP contribution is -2.47.